The Morgan fingerprint density at radius 1 is 1.23 bits per heavy atom. The molecule has 0 spiro atoms. The van der Waals surface area contributed by atoms with Crippen LogP contribution in [-0.4, -0.2) is 53.3 Å². The van der Waals surface area contributed by atoms with Crippen molar-refractivity contribution in [3.8, 4) is 0 Å². The Kier molecular flexibility index (Phi) is 6.08. The fourth-order valence-corrected chi connectivity index (χ4v) is 3.99. The number of hydrogen-bond acceptors (Lipinski definition) is 5. The average molecular weight is 442 g/mol. The lowest BCUT2D eigenvalue weighted by atomic mass is 10.0. The number of nitrogens with zero attached hydrogens (tertiary/aromatic N) is 3. The summed E-state index contributed by atoms with van der Waals surface area (Å²) in [5.41, 5.74) is 1.90. The molecule has 2 aliphatic rings. The number of carbonyl (C=O) groups is 3. The topological polar surface area (TPSA) is 94.6 Å². The quantitative estimate of drug-likeness (QED) is 0.759. The number of anilines is 2. The molecule has 2 aromatic rings. The molecular weight excluding hydrogens is 418 g/mol. The summed E-state index contributed by atoms with van der Waals surface area (Å²) < 4.78 is 0. The standard InChI is InChI=1S/C22H24ClN5O3/c1-14(29)27-8-6-18(7-9-27)26-22(31)16-10-19-21(24-11-16)25-12-20(30)28(19)13-15-2-4-17(23)5-3-15/h2-5,10-11,18H,6-9,12-13H2,1H3,(H,24,25)(H,26,31). The molecule has 8 nitrogen and oxygen atoms in total. The number of pyridine rings is 1. The molecule has 162 valence electrons. The normalized spacial score (nSPS) is 16.5. The SMILES string of the molecule is CC(=O)N1CCC(NC(=O)c2cnc3c(c2)N(Cc2ccc(Cl)cc2)C(=O)CN3)CC1. The van der Waals surface area contributed by atoms with E-state index < -0.39 is 0 Å². The molecule has 31 heavy (non-hydrogen) atoms. The molecule has 0 bridgehead atoms. The average Bonchev–Trinajstić information content (AvgIpc) is 2.77. The van der Waals surface area contributed by atoms with Crippen LogP contribution >= 0.6 is 11.6 Å². The Labute approximate surface area is 185 Å². The van der Waals surface area contributed by atoms with Crippen molar-refractivity contribution >= 4 is 40.8 Å². The predicted octanol–water partition coefficient (Wildman–Crippen LogP) is 2.43. The monoisotopic (exact) mass is 441 g/mol. The van der Waals surface area contributed by atoms with E-state index in [1.807, 2.05) is 12.1 Å². The van der Waals surface area contributed by atoms with Crippen LogP contribution in [-0.2, 0) is 16.1 Å². The maximum atomic E-state index is 12.8. The van der Waals surface area contributed by atoms with Crippen LogP contribution < -0.4 is 15.5 Å². The van der Waals surface area contributed by atoms with Crippen LogP contribution in [0.15, 0.2) is 36.5 Å². The fourth-order valence-electron chi connectivity index (χ4n) is 3.86. The van der Waals surface area contributed by atoms with E-state index in [9.17, 15) is 14.4 Å². The summed E-state index contributed by atoms with van der Waals surface area (Å²) in [7, 11) is 0. The molecule has 0 radical (unpaired) electrons. The fraction of sp³-hybridized carbons (Fsp3) is 0.364. The molecule has 2 aliphatic heterocycles. The van der Waals surface area contributed by atoms with Gasteiger partial charge in [0.15, 0.2) is 5.82 Å². The summed E-state index contributed by atoms with van der Waals surface area (Å²) in [4.78, 5) is 44.7. The van der Waals surface area contributed by atoms with Gasteiger partial charge in [-0.3, -0.25) is 14.4 Å². The lowest BCUT2D eigenvalue weighted by Gasteiger charge is -2.32. The summed E-state index contributed by atoms with van der Waals surface area (Å²) >= 11 is 5.96. The minimum absolute atomic E-state index is 0.00376. The van der Waals surface area contributed by atoms with E-state index in [4.69, 9.17) is 11.6 Å². The number of likely N-dealkylation sites (tertiary alicyclic amines) is 1. The molecule has 1 fully saturated rings. The number of amides is 3. The molecule has 1 saturated heterocycles. The van der Waals surface area contributed by atoms with Crippen molar-refractivity contribution in [1.82, 2.24) is 15.2 Å². The van der Waals surface area contributed by atoms with Crippen molar-refractivity contribution in [3.05, 3.63) is 52.7 Å². The number of fused-ring (bicyclic) bond motifs is 1. The van der Waals surface area contributed by atoms with Crippen LogP contribution in [0.1, 0.15) is 35.7 Å². The van der Waals surface area contributed by atoms with Gasteiger partial charge in [-0.1, -0.05) is 23.7 Å². The summed E-state index contributed by atoms with van der Waals surface area (Å²) in [5.74, 6) is 0.293. The molecule has 1 aromatic heterocycles. The number of aromatic nitrogens is 1. The second kappa shape index (κ2) is 8.93. The maximum Gasteiger partial charge on any atom is 0.253 e. The second-order valence-electron chi connectivity index (χ2n) is 7.81. The van der Waals surface area contributed by atoms with Crippen LogP contribution in [0.5, 0.6) is 0 Å². The van der Waals surface area contributed by atoms with Crippen molar-refractivity contribution in [1.29, 1.82) is 0 Å². The number of halogens is 1. The first-order valence-corrected chi connectivity index (χ1v) is 10.6. The summed E-state index contributed by atoms with van der Waals surface area (Å²) in [6.45, 7) is 3.34. The number of carbonyl (C=O) groups excluding carboxylic acids is 3. The van der Waals surface area contributed by atoms with Gasteiger partial charge in [-0.2, -0.15) is 0 Å². The Morgan fingerprint density at radius 2 is 1.94 bits per heavy atom. The third kappa shape index (κ3) is 4.80. The highest BCUT2D eigenvalue weighted by molar-refractivity contribution is 6.30. The molecule has 0 atom stereocenters. The van der Waals surface area contributed by atoms with Crippen molar-refractivity contribution in [3.63, 3.8) is 0 Å². The first-order chi connectivity index (χ1) is 14.9. The first-order valence-electron chi connectivity index (χ1n) is 10.3. The van der Waals surface area contributed by atoms with Crippen LogP contribution in [0.4, 0.5) is 11.5 Å². The zero-order chi connectivity index (χ0) is 22.0. The summed E-state index contributed by atoms with van der Waals surface area (Å²) in [5, 5.41) is 6.67. The molecule has 2 N–H and O–H groups in total. The number of rotatable bonds is 4. The van der Waals surface area contributed by atoms with E-state index in [1.54, 1.807) is 34.9 Å². The van der Waals surface area contributed by atoms with Gasteiger partial charge in [0, 0.05) is 37.3 Å². The van der Waals surface area contributed by atoms with Gasteiger partial charge in [-0.15, -0.1) is 0 Å². The Morgan fingerprint density at radius 3 is 2.61 bits per heavy atom. The Balaban J connectivity index is 1.49. The van der Waals surface area contributed by atoms with E-state index in [1.165, 1.54) is 6.20 Å². The summed E-state index contributed by atoms with van der Waals surface area (Å²) in [6, 6.07) is 9.00. The third-order valence-electron chi connectivity index (χ3n) is 5.66. The van der Waals surface area contributed by atoms with Gasteiger partial charge in [-0.25, -0.2) is 4.98 Å². The molecule has 9 heteroatoms. The lowest BCUT2D eigenvalue weighted by molar-refractivity contribution is -0.129. The number of nitrogens with one attached hydrogen (secondary N) is 2. The zero-order valence-electron chi connectivity index (χ0n) is 17.2. The number of benzene rings is 1. The van der Waals surface area contributed by atoms with Gasteiger partial charge in [-0.05, 0) is 36.6 Å². The van der Waals surface area contributed by atoms with E-state index in [0.717, 1.165) is 5.56 Å². The Bertz CT molecular complexity index is 1000. The van der Waals surface area contributed by atoms with Gasteiger partial charge in [0.05, 0.1) is 24.3 Å². The van der Waals surface area contributed by atoms with Crippen molar-refractivity contribution in [2.75, 3.05) is 29.9 Å². The minimum atomic E-state index is -0.235. The smallest absolute Gasteiger partial charge is 0.253 e. The largest absolute Gasteiger partial charge is 0.359 e. The van der Waals surface area contributed by atoms with E-state index in [2.05, 4.69) is 15.6 Å². The molecule has 1 aromatic carbocycles. The third-order valence-corrected chi connectivity index (χ3v) is 5.91. The lowest BCUT2D eigenvalue weighted by Crippen LogP contribution is -2.46. The number of hydrogen-bond donors (Lipinski definition) is 2. The van der Waals surface area contributed by atoms with Crippen molar-refractivity contribution < 1.29 is 14.4 Å². The highest BCUT2D eigenvalue weighted by Gasteiger charge is 2.27. The molecule has 0 unspecified atom stereocenters. The van der Waals surface area contributed by atoms with Crippen LogP contribution in [0.25, 0.3) is 0 Å². The van der Waals surface area contributed by atoms with Crippen LogP contribution in [0.2, 0.25) is 5.02 Å². The van der Waals surface area contributed by atoms with Crippen LogP contribution in [0.3, 0.4) is 0 Å². The van der Waals surface area contributed by atoms with Gasteiger partial charge < -0.3 is 20.4 Å². The molecule has 0 saturated carbocycles. The Hall–Kier alpha value is -3.13. The van der Waals surface area contributed by atoms with Crippen molar-refractivity contribution in [2.24, 2.45) is 0 Å². The van der Waals surface area contributed by atoms with Crippen LogP contribution in [0, 0.1) is 0 Å². The predicted molar refractivity (Wildman–Crippen MR) is 118 cm³/mol. The first kappa shape index (κ1) is 21.1. The van der Waals surface area contributed by atoms with Crippen molar-refractivity contribution in [2.45, 2.75) is 32.4 Å². The zero-order valence-corrected chi connectivity index (χ0v) is 18.0. The van der Waals surface area contributed by atoms with E-state index in [0.29, 0.717) is 54.6 Å². The molecule has 0 aliphatic carbocycles. The van der Waals surface area contributed by atoms with Gasteiger partial charge in [0.25, 0.3) is 5.91 Å². The molecule has 3 amide bonds. The maximum absolute atomic E-state index is 12.8. The minimum Gasteiger partial charge on any atom is -0.359 e. The number of piperidine rings is 1. The highest BCUT2D eigenvalue weighted by Crippen LogP contribution is 2.30. The molecular formula is C22H24ClN5O3. The van der Waals surface area contributed by atoms with E-state index in [-0.39, 0.29) is 30.3 Å². The second-order valence-corrected chi connectivity index (χ2v) is 8.24. The molecule has 4 rings (SSSR count). The van der Waals surface area contributed by atoms with Gasteiger partial charge >= 0.3 is 0 Å². The highest BCUT2D eigenvalue weighted by atomic mass is 35.5. The molecule has 3 heterocycles. The van der Waals surface area contributed by atoms with Gasteiger partial charge in [0.1, 0.15) is 0 Å². The van der Waals surface area contributed by atoms with E-state index >= 15 is 0 Å². The summed E-state index contributed by atoms with van der Waals surface area (Å²) in [6.07, 6.45) is 2.95. The van der Waals surface area contributed by atoms with Gasteiger partial charge in [0.2, 0.25) is 11.8 Å².